The monoisotopic (exact) mass is 345 g/mol. The Bertz CT molecular complexity index is 798. The van der Waals surface area contributed by atoms with Gasteiger partial charge >= 0.3 is 0 Å². The summed E-state index contributed by atoms with van der Waals surface area (Å²) in [7, 11) is -3.56. The third-order valence-electron chi connectivity index (χ3n) is 4.31. The summed E-state index contributed by atoms with van der Waals surface area (Å²) in [6.07, 6.45) is 0. The van der Waals surface area contributed by atoms with Gasteiger partial charge in [-0.25, -0.2) is 13.1 Å². The summed E-state index contributed by atoms with van der Waals surface area (Å²) >= 11 is 0. The molecule has 24 heavy (non-hydrogen) atoms. The molecular formula is C20H27NO2S. The van der Waals surface area contributed by atoms with Crippen molar-refractivity contribution >= 4 is 10.0 Å². The van der Waals surface area contributed by atoms with E-state index in [0.717, 1.165) is 22.3 Å². The molecule has 0 heterocycles. The van der Waals surface area contributed by atoms with E-state index in [0.29, 0.717) is 10.8 Å². The van der Waals surface area contributed by atoms with Gasteiger partial charge < -0.3 is 0 Å². The molecule has 130 valence electrons. The van der Waals surface area contributed by atoms with Crippen molar-refractivity contribution < 1.29 is 8.42 Å². The average Bonchev–Trinajstić information content (AvgIpc) is 2.45. The molecule has 0 radical (unpaired) electrons. The fourth-order valence-electron chi connectivity index (χ4n) is 3.12. The summed E-state index contributed by atoms with van der Waals surface area (Å²) in [6.45, 7) is 11.8. The van der Waals surface area contributed by atoms with Gasteiger partial charge in [0.1, 0.15) is 0 Å². The lowest BCUT2D eigenvalue weighted by Gasteiger charge is -2.18. The predicted octanol–water partition coefficient (Wildman–Crippen LogP) is 4.77. The zero-order valence-corrected chi connectivity index (χ0v) is 16.2. The molecule has 1 unspecified atom stereocenters. The maximum atomic E-state index is 12.8. The molecule has 3 nitrogen and oxygen atoms in total. The van der Waals surface area contributed by atoms with Crippen LogP contribution < -0.4 is 4.72 Å². The SMILES string of the molecule is Cc1cc(C)c(S(=O)(=O)NC(C)c2ccc(C(C)C)cc2)c(C)c1. The first-order valence-electron chi connectivity index (χ1n) is 8.32. The summed E-state index contributed by atoms with van der Waals surface area (Å²) in [5, 5.41) is 0. The average molecular weight is 346 g/mol. The zero-order valence-electron chi connectivity index (χ0n) is 15.3. The van der Waals surface area contributed by atoms with Crippen LogP contribution in [0.25, 0.3) is 0 Å². The molecule has 0 aliphatic carbocycles. The van der Waals surface area contributed by atoms with Crippen LogP contribution in [-0.4, -0.2) is 8.42 Å². The van der Waals surface area contributed by atoms with Gasteiger partial charge in [-0.1, -0.05) is 55.8 Å². The summed E-state index contributed by atoms with van der Waals surface area (Å²) in [5.74, 6) is 0.462. The van der Waals surface area contributed by atoms with Crippen LogP contribution in [-0.2, 0) is 10.0 Å². The quantitative estimate of drug-likeness (QED) is 0.848. The van der Waals surface area contributed by atoms with Crippen LogP contribution in [0.2, 0.25) is 0 Å². The Morgan fingerprint density at radius 2 is 1.29 bits per heavy atom. The standard InChI is InChI=1S/C20H27NO2S/c1-13(2)18-7-9-19(10-8-18)17(6)21-24(22,23)20-15(4)11-14(3)12-16(20)5/h7-13,17,21H,1-6H3. The second-order valence-corrected chi connectivity index (χ2v) is 8.54. The highest BCUT2D eigenvalue weighted by Crippen LogP contribution is 2.25. The number of hydrogen-bond acceptors (Lipinski definition) is 2. The van der Waals surface area contributed by atoms with Crippen LogP contribution in [0, 0.1) is 20.8 Å². The van der Waals surface area contributed by atoms with E-state index >= 15 is 0 Å². The minimum atomic E-state index is -3.56. The number of rotatable bonds is 5. The summed E-state index contributed by atoms with van der Waals surface area (Å²) < 4.78 is 28.5. The lowest BCUT2D eigenvalue weighted by atomic mass is 10.00. The van der Waals surface area contributed by atoms with Gasteiger partial charge in [0.15, 0.2) is 0 Å². The molecular weight excluding hydrogens is 318 g/mol. The topological polar surface area (TPSA) is 46.2 Å². The highest BCUT2D eigenvalue weighted by molar-refractivity contribution is 7.89. The molecule has 0 aromatic heterocycles. The van der Waals surface area contributed by atoms with Gasteiger partial charge in [-0.05, 0) is 55.9 Å². The highest BCUT2D eigenvalue weighted by Gasteiger charge is 2.22. The van der Waals surface area contributed by atoms with Gasteiger partial charge in [0.25, 0.3) is 0 Å². The van der Waals surface area contributed by atoms with Crippen LogP contribution in [0.15, 0.2) is 41.3 Å². The molecule has 0 amide bonds. The lowest BCUT2D eigenvalue weighted by Crippen LogP contribution is -2.28. The molecule has 0 spiro atoms. The number of benzene rings is 2. The molecule has 2 aromatic rings. The number of aryl methyl sites for hydroxylation is 3. The van der Waals surface area contributed by atoms with Gasteiger partial charge in [-0.3, -0.25) is 0 Å². The van der Waals surface area contributed by atoms with Crippen LogP contribution in [0.3, 0.4) is 0 Å². The molecule has 0 fully saturated rings. The van der Waals surface area contributed by atoms with E-state index in [1.165, 1.54) is 5.56 Å². The van der Waals surface area contributed by atoms with Crippen molar-refractivity contribution in [3.05, 3.63) is 64.2 Å². The second kappa shape index (κ2) is 7.08. The van der Waals surface area contributed by atoms with Crippen molar-refractivity contribution in [1.82, 2.24) is 4.72 Å². The van der Waals surface area contributed by atoms with Crippen LogP contribution in [0.1, 0.15) is 60.5 Å². The summed E-state index contributed by atoms with van der Waals surface area (Å²) in [5.41, 5.74) is 4.84. The molecule has 0 bridgehead atoms. The molecule has 2 rings (SSSR count). The first-order chi connectivity index (χ1) is 11.1. The van der Waals surface area contributed by atoms with E-state index in [1.54, 1.807) is 0 Å². The first kappa shape index (κ1) is 18.7. The van der Waals surface area contributed by atoms with Gasteiger partial charge in [-0.2, -0.15) is 0 Å². The van der Waals surface area contributed by atoms with Crippen molar-refractivity contribution in [2.75, 3.05) is 0 Å². The number of sulfonamides is 1. The van der Waals surface area contributed by atoms with Gasteiger partial charge in [0.2, 0.25) is 10.0 Å². The van der Waals surface area contributed by atoms with Crippen LogP contribution >= 0.6 is 0 Å². The van der Waals surface area contributed by atoms with Gasteiger partial charge in [0, 0.05) is 6.04 Å². The summed E-state index contributed by atoms with van der Waals surface area (Å²) in [6, 6.07) is 11.7. The molecule has 2 aromatic carbocycles. The van der Waals surface area contributed by atoms with E-state index in [1.807, 2.05) is 52.0 Å². The molecule has 0 aliphatic heterocycles. The number of hydrogen-bond donors (Lipinski definition) is 1. The van der Waals surface area contributed by atoms with Crippen molar-refractivity contribution in [2.45, 2.75) is 58.4 Å². The predicted molar refractivity (Wildman–Crippen MR) is 99.9 cm³/mol. The smallest absolute Gasteiger partial charge is 0.207 e. The Labute approximate surface area is 146 Å². The minimum absolute atomic E-state index is 0.281. The Kier molecular flexibility index (Phi) is 5.51. The lowest BCUT2D eigenvalue weighted by molar-refractivity contribution is 0.565. The van der Waals surface area contributed by atoms with Crippen molar-refractivity contribution in [3.63, 3.8) is 0 Å². The Morgan fingerprint density at radius 1 is 0.833 bits per heavy atom. The molecule has 0 saturated carbocycles. The Morgan fingerprint density at radius 3 is 1.75 bits per heavy atom. The maximum Gasteiger partial charge on any atom is 0.241 e. The van der Waals surface area contributed by atoms with E-state index in [2.05, 4.69) is 30.7 Å². The van der Waals surface area contributed by atoms with Gasteiger partial charge in [0.05, 0.1) is 4.90 Å². The molecule has 1 atom stereocenters. The maximum absolute atomic E-state index is 12.8. The fraction of sp³-hybridized carbons (Fsp3) is 0.400. The highest BCUT2D eigenvalue weighted by atomic mass is 32.2. The molecule has 1 N–H and O–H groups in total. The second-order valence-electron chi connectivity index (χ2n) is 6.89. The largest absolute Gasteiger partial charge is 0.241 e. The van der Waals surface area contributed by atoms with Gasteiger partial charge in [-0.15, -0.1) is 0 Å². The van der Waals surface area contributed by atoms with E-state index in [9.17, 15) is 8.42 Å². The number of nitrogens with one attached hydrogen (secondary N) is 1. The molecule has 4 heteroatoms. The fourth-order valence-corrected chi connectivity index (χ4v) is 4.80. The van der Waals surface area contributed by atoms with Crippen molar-refractivity contribution in [1.29, 1.82) is 0 Å². The van der Waals surface area contributed by atoms with E-state index in [-0.39, 0.29) is 6.04 Å². The molecule has 0 saturated heterocycles. The van der Waals surface area contributed by atoms with Crippen LogP contribution in [0.4, 0.5) is 0 Å². The Hall–Kier alpha value is -1.65. The van der Waals surface area contributed by atoms with Crippen molar-refractivity contribution in [3.8, 4) is 0 Å². The molecule has 0 aliphatic rings. The first-order valence-corrected chi connectivity index (χ1v) is 9.80. The minimum Gasteiger partial charge on any atom is -0.207 e. The van der Waals surface area contributed by atoms with Crippen molar-refractivity contribution in [2.24, 2.45) is 0 Å². The third-order valence-corrected chi connectivity index (χ3v) is 6.15. The zero-order chi connectivity index (χ0) is 18.1. The van der Waals surface area contributed by atoms with E-state index in [4.69, 9.17) is 0 Å². The Balaban J connectivity index is 2.29. The third kappa shape index (κ3) is 4.05. The van der Waals surface area contributed by atoms with Crippen LogP contribution in [0.5, 0.6) is 0 Å². The van der Waals surface area contributed by atoms with E-state index < -0.39 is 10.0 Å². The summed E-state index contributed by atoms with van der Waals surface area (Å²) in [4.78, 5) is 0.388. The normalized spacial score (nSPS) is 13.3.